The van der Waals surface area contributed by atoms with Crippen LogP contribution in [0.1, 0.15) is 5.56 Å². The van der Waals surface area contributed by atoms with Crippen LogP contribution in [0.15, 0.2) is 18.2 Å². The summed E-state index contributed by atoms with van der Waals surface area (Å²) in [6.07, 6.45) is 0. The van der Waals surface area contributed by atoms with Crippen molar-refractivity contribution in [3.8, 4) is 11.8 Å². The molecule has 1 aromatic rings. The van der Waals surface area contributed by atoms with Crippen molar-refractivity contribution >= 4 is 15.9 Å². The van der Waals surface area contributed by atoms with Crippen LogP contribution in [0, 0.1) is 17.1 Å². The fraction of sp³-hybridized carbons (Fsp3) is 0.222. The minimum atomic E-state index is -0.455. The largest absolute Gasteiger partial charge is 0.493 e. The number of hydrogen-bond donors (Lipinski definition) is 0. The van der Waals surface area contributed by atoms with Crippen LogP contribution in [0.2, 0.25) is 0 Å². The number of nitriles is 1. The van der Waals surface area contributed by atoms with Crippen LogP contribution in [0.5, 0.6) is 5.75 Å². The van der Waals surface area contributed by atoms with E-state index in [1.807, 2.05) is 6.07 Å². The molecule has 13 heavy (non-hydrogen) atoms. The standard InChI is InChI=1S/C9H7BrFNO/c10-1-2-13-9-4-7(6-12)3-8(11)5-9/h3-5H,1-2H2. The van der Waals surface area contributed by atoms with Gasteiger partial charge in [0.2, 0.25) is 0 Å². The van der Waals surface area contributed by atoms with Gasteiger partial charge < -0.3 is 4.74 Å². The lowest BCUT2D eigenvalue weighted by Crippen LogP contribution is -1.98. The Hall–Kier alpha value is -1.08. The van der Waals surface area contributed by atoms with Crippen molar-refractivity contribution in [2.45, 2.75) is 0 Å². The number of ether oxygens (including phenoxy) is 1. The third-order valence-electron chi connectivity index (χ3n) is 1.35. The Balaban J connectivity index is 2.83. The molecular formula is C9H7BrFNO. The van der Waals surface area contributed by atoms with E-state index in [1.165, 1.54) is 18.2 Å². The van der Waals surface area contributed by atoms with E-state index in [9.17, 15) is 4.39 Å². The fourth-order valence-electron chi connectivity index (χ4n) is 0.867. The Morgan fingerprint density at radius 2 is 2.23 bits per heavy atom. The van der Waals surface area contributed by atoms with Crippen LogP contribution in [0.4, 0.5) is 4.39 Å². The Morgan fingerprint density at radius 3 is 2.85 bits per heavy atom. The van der Waals surface area contributed by atoms with Crippen molar-refractivity contribution in [3.05, 3.63) is 29.6 Å². The molecule has 0 spiro atoms. The van der Waals surface area contributed by atoms with Gasteiger partial charge in [-0.15, -0.1) is 0 Å². The summed E-state index contributed by atoms with van der Waals surface area (Å²) in [7, 11) is 0. The number of halogens is 2. The van der Waals surface area contributed by atoms with Crippen LogP contribution in [-0.4, -0.2) is 11.9 Å². The average Bonchev–Trinajstić information content (AvgIpc) is 2.14. The van der Waals surface area contributed by atoms with Crippen molar-refractivity contribution in [1.29, 1.82) is 5.26 Å². The molecule has 0 amide bonds. The first kappa shape index (κ1) is 10.0. The number of benzene rings is 1. The van der Waals surface area contributed by atoms with Gasteiger partial charge in [-0.1, -0.05) is 15.9 Å². The molecule has 0 heterocycles. The topological polar surface area (TPSA) is 33.0 Å². The quantitative estimate of drug-likeness (QED) is 0.765. The van der Waals surface area contributed by atoms with Crippen LogP contribution < -0.4 is 4.74 Å². The SMILES string of the molecule is N#Cc1cc(F)cc(OCCBr)c1. The van der Waals surface area contributed by atoms with Crippen molar-refractivity contribution in [1.82, 2.24) is 0 Å². The zero-order valence-corrected chi connectivity index (χ0v) is 8.34. The second-order valence-corrected chi connectivity index (χ2v) is 3.12. The highest BCUT2D eigenvalue weighted by Gasteiger charge is 2.00. The molecule has 0 N–H and O–H groups in total. The predicted octanol–water partition coefficient (Wildman–Crippen LogP) is 2.47. The second-order valence-electron chi connectivity index (χ2n) is 2.32. The van der Waals surface area contributed by atoms with E-state index in [-0.39, 0.29) is 5.56 Å². The van der Waals surface area contributed by atoms with E-state index in [0.29, 0.717) is 17.7 Å². The molecule has 0 unspecified atom stereocenters. The summed E-state index contributed by atoms with van der Waals surface area (Å²) < 4.78 is 17.9. The zero-order valence-electron chi connectivity index (χ0n) is 6.76. The highest BCUT2D eigenvalue weighted by molar-refractivity contribution is 9.09. The molecular weight excluding hydrogens is 237 g/mol. The molecule has 0 aliphatic rings. The molecule has 0 radical (unpaired) electrons. The maximum Gasteiger partial charge on any atom is 0.128 e. The lowest BCUT2D eigenvalue weighted by atomic mass is 10.2. The summed E-state index contributed by atoms with van der Waals surface area (Å²) in [6.45, 7) is 0.453. The van der Waals surface area contributed by atoms with E-state index in [2.05, 4.69) is 15.9 Å². The Kier molecular flexibility index (Phi) is 3.71. The van der Waals surface area contributed by atoms with Gasteiger partial charge in [0, 0.05) is 11.4 Å². The van der Waals surface area contributed by atoms with Crippen LogP contribution in [0.3, 0.4) is 0 Å². The number of nitrogens with zero attached hydrogens (tertiary/aromatic N) is 1. The third kappa shape index (κ3) is 3.03. The summed E-state index contributed by atoms with van der Waals surface area (Å²) in [5.41, 5.74) is 0.268. The minimum Gasteiger partial charge on any atom is -0.493 e. The Labute approximate surface area is 84.1 Å². The lowest BCUT2D eigenvalue weighted by Gasteiger charge is -2.03. The lowest BCUT2D eigenvalue weighted by molar-refractivity contribution is 0.343. The zero-order chi connectivity index (χ0) is 9.68. The van der Waals surface area contributed by atoms with Gasteiger partial charge in [0.15, 0.2) is 0 Å². The molecule has 0 aliphatic heterocycles. The van der Waals surface area contributed by atoms with E-state index in [4.69, 9.17) is 10.00 Å². The van der Waals surface area contributed by atoms with Gasteiger partial charge in [0.1, 0.15) is 11.6 Å². The van der Waals surface area contributed by atoms with E-state index < -0.39 is 5.82 Å². The molecule has 68 valence electrons. The molecule has 0 aromatic heterocycles. The van der Waals surface area contributed by atoms with Crippen LogP contribution >= 0.6 is 15.9 Å². The molecule has 1 aromatic carbocycles. The molecule has 4 heteroatoms. The summed E-state index contributed by atoms with van der Waals surface area (Å²) in [5, 5.41) is 9.20. The van der Waals surface area contributed by atoms with Gasteiger partial charge in [0.05, 0.1) is 18.2 Å². The van der Waals surface area contributed by atoms with Crippen molar-refractivity contribution < 1.29 is 9.13 Å². The molecule has 0 bridgehead atoms. The normalized spacial score (nSPS) is 9.31. The average molecular weight is 244 g/mol. The van der Waals surface area contributed by atoms with Crippen LogP contribution in [0.25, 0.3) is 0 Å². The Morgan fingerprint density at radius 1 is 1.46 bits per heavy atom. The van der Waals surface area contributed by atoms with Gasteiger partial charge in [-0.05, 0) is 12.1 Å². The van der Waals surface area contributed by atoms with Crippen molar-refractivity contribution in [3.63, 3.8) is 0 Å². The highest BCUT2D eigenvalue weighted by atomic mass is 79.9. The van der Waals surface area contributed by atoms with E-state index in [1.54, 1.807) is 0 Å². The predicted molar refractivity (Wildman–Crippen MR) is 50.4 cm³/mol. The summed E-state index contributed by atoms with van der Waals surface area (Å²) in [5.74, 6) is -0.0698. The summed E-state index contributed by atoms with van der Waals surface area (Å²) in [4.78, 5) is 0. The first-order valence-corrected chi connectivity index (χ1v) is 4.78. The first-order chi connectivity index (χ1) is 6.26. The van der Waals surface area contributed by atoms with E-state index in [0.717, 1.165) is 0 Å². The van der Waals surface area contributed by atoms with Crippen molar-refractivity contribution in [2.24, 2.45) is 0 Å². The Bertz CT molecular complexity index is 335. The highest BCUT2D eigenvalue weighted by Crippen LogP contribution is 2.15. The van der Waals surface area contributed by atoms with Gasteiger partial charge in [-0.2, -0.15) is 5.26 Å². The second kappa shape index (κ2) is 4.83. The van der Waals surface area contributed by atoms with E-state index >= 15 is 0 Å². The molecule has 0 aliphatic carbocycles. The maximum absolute atomic E-state index is 12.8. The molecule has 1 rings (SSSR count). The van der Waals surface area contributed by atoms with Gasteiger partial charge in [-0.3, -0.25) is 0 Å². The first-order valence-electron chi connectivity index (χ1n) is 3.65. The monoisotopic (exact) mass is 243 g/mol. The molecule has 0 fully saturated rings. The number of hydrogen-bond acceptors (Lipinski definition) is 2. The fourth-order valence-corrected chi connectivity index (χ4v) is 1.03. The van der Waals surface area contributed by atoms with Gasteiger partial charge >= 0.3 is 0 Å². The maximum atomic E-state index is 12.8. The molecule has 2 nitrogen and oxygen atoms in total. The van der Waals surface area contributed by atoms with Crippen molar-refractivity contribution in [2.75, 3.05) is 11.9 Å². The molecule has 0 atom stereocenters. The summed E-state index contributed by atoms with van der Waals surface area (Å²) >= 11 is 3.18. The minimum absolute atomic E-state index is 0.268. The summed E-state index contributed by atoms with van der Waals surface area (Å²) in [6, 6.07) is 5.78. The number of alkyl halides is 1. The third-order valence-corrected chi connectivity index (χ3v) is 1.67. The van der Waals surface area contributed by atoms with Crippen LogP contribution in [-0.2, 0) is 0 Å². The molecule has 0 saturated carbocycles. The number of rotatable bonds is 3. The smallest absolute Gasteiger partial charge is 0.128 e. The molecule has 0 saturated heterocycles. The van der Waals surface area contributed by atoms with Gasteiger partial charge in [-0.25, -0.2) is 4.39 Å². The van der Waals surface area contributed by atoms with Gasteiger partial charge in [0.25, 0.3) is 0 Å².